The average Bonchev–Trinajstić information content (AvgIpc) is 2.83. The van der Waals surface area contributed by atoms with Gasteiger partial charge in [-0.2, -0.15) is 0 Å². The molecular weight excluding hydrogens is 494 g/mol. The molecule has 34 heavy (non-hydrogen) atoms. The molecule has 3 rings (SSSR count). The minimum absolute atomic E-state index is 0.194. The highest BCUT2D eigenvalue weighted by atomic mass is 79.9. The summed E-state index contributed by atoms with van der Waals surface area (Å²) in [6.45, 7) is 2.38. The Morgan fingerprint density at radius 1 is 1.21 bits per heavy atom. The molecule has 6 N–H and O–H groups in total. The van der Waals surface area contributed by atoms with Gasteiger partial charge in [-0.05, 0) is 42.8 Å². The summed E-state index contributed by atoms with van der Waals surface area (Å²) in [5.41, 5.74) is 3.88. The molecular formula is C25H26BrN7O. The van der Waals surface area contributed by atoms with Gasteiger partial charge in [0.1, 0.15) is 11.7 Å². The number of dihydropyridines is 1. The predicted octanol–water partition coefficient (Wildman–Crippen LogP) is 3.91. The molecule has 174 valence electrons. The molecule has 0 unspecified atom stereocenters. The molecule has 0 bridgehead atoms. The van der Waals surface area contributed by atoms with Crippen molar-refractivity contribution in [3.8, 4) is 0 Å². The van der Waals surface area contributed by atoms with Crippen molar-refractivity contribution in [1.82, 2.24) is 20.9 Å². The summed E-state index contributed by atoms with van der Waals surface area (Å²) in [5.74, 6) is 0.453. The molecule has 0 saturated heterocycles. The van der Waals surface area contributed by atoms with Gasteiger partial charge in [-0.1, -0.05) is 40.2 Å². The van der Waals surface area contributed by atoms with E-state index in [1.54, 1.807) is 18.4 Å². The van der Waals surface area contributed by atoms with Gasteiger partial charge in [0, 0.05) is 47.8 Å². The number of hydrogen-bond acceptors (Lipinski definition) is 6. The Hall–Kier alpha value is -3.98. The summed E-state index contributed by atoms with van der Waals surface area (Å²) in [5, 5.41) is 28.1. The van der Waals surface area contributed by atoms with Gasteiger partial charge >= 0.3 is 0 Å². The Bertz CT molecular complexity index is 1230. The zero-order chi connectivity index (χ0) is 24.5. The molecule has 0 spiro atoms. The van der Waals surface area contributed by atoms with Gasteiger partial charge in [0.2, 0.25) is 0 Å². The molecule has 1 amide bonds. The summed E-state index contributed by atoms with van der Waals surface area (Å²) < 4.78 is 0.966. The molecule has 1 aliphatic heterocycles. The van der Waals surface area contributed by atoms with E-state index in [0.29, 0.717) is 29.3 Å². The molecule has 0 saturated carbocycles. The van der Waals surface area contributed by atoms with Gasteiger partial charge in [-0.15, -0.1) is 0 Å². The number of amides is 1. The first-order chi connectivity index (χ1) is 16.4. The number of amidine groups is 1. The highest BCUT2D eigenvalue weighted by molar-refractivity contribution is 9.10. The number of nitrogens with one attached hydrogen (secondary N) is 6. The number of nitrogens with zero attached hydrogens (tertiary/aromatic N) is 1. The second kappa shape index (κ2) is 11.8. The lowest BCUT2D eigenvalue weighted by molar-refractivity contribution is -0.116. The van der Waals surface area contributed by atoms with E-state index < -0.39 is 0 Å². The normalized spacial score (nSPS) is 14.4. The van der Waals surface area contributed by atoms with Crippen molar-refractivity contribution in [3.63, 3.8) is 0 Å². The number of carbonyl (C=O) groups excluding carboxylic acids is 1. The minimum Gasteiger partial charge on any atom is -0.366 e. The number of aromatic nitrogens is 1. The number of rotatable bonds is 8. The standard InChI is InChI=1S/C25H26BrN7O/c1-16-6-5-9-24(32-16)33-21(13-23(28)31-15-18-7-3-4-8-20(18)26)17-10-11-30-22(12-17)19(14-27)25(34)29-2/h3-14,27,30H,15H2,1-2H3,(H2,28,31)(H,29,34)(H,32,33)/b21-13-,22-19+,27-14?. The molecule has 2 aromatic rings. The highest BCUT2D eigenvalue weighted by Crippen LogP contribution is 2.21. The first kappa shape index (κ1) is 24.7. The van der Waals surface area contributed by atoms with Crippen LogP contribution in [0.25, 0.3) is 0 Å². The van der Waals surface area contributed by atoms with Crippen LogP contribution in [0.3, 0.4) is 0 Å². The van der Waals surface area contributed by atoms with Gasteiger partial charge in [0.25, 0.3) is 5.91 Å². The van der Waals surface area contributed by atoms with Crippen molar-refractivity contribution >= 4 is 39.7 Å². The van der Waals surface area contributed by atoms with Gasteiger partial charge in [-0.3, -0.25) is 10.2 Å². The maximum Gasteiger partial charge on any atom is 0.254 e. The van der Waals surface area contributed by atoms with Crippen LogP contribution in [-0.4, -0.2) is 30.0 Å². The van der Waals surface area contributed by atoms with Crippen LogP contribution in [0.1, 0.15) is 11.3 Å². The van der Waals surface area contributed by atoms with E-state index in [1.165, 1.54) is 7.05 Å². The van der Waals surface area contributed by atoms with E-state index in [1.807, 2.05) is 55.5 Å². The fourth-order valence-electron chi connectivity index (χ4n) is 3.16. The molecule has 2 heterocycles. The van der Waals surface area contributed by atoms with Crippen molar-refractivity contribution in [1.29, 1.82) is 10.8 Å². The van der Waals surface area contributed by atoms with Crippen LogP contribution in [0.2, 0.25) is 0 Å². The number of carbonyl (C=O) groups is 1. The smallest absolute Gasteiger partial charge is 0.254 e. The molecule has 8 nitrogen and oxygen atoms in total. The van der Waals surface area contributed by atoms with E-state index in [2.05, 4.69) is 42.2 Å². The van der Waals surface area contributed by atoms with Crippen LogP contribution in [0, 0.1) is 17.7 Å². The quantitative estimate of drug-likeness (QED) is 0.179. The Labute approximate surface area is 207 Å². The Morgan fingerprint density at radius 3 is 2.71 bits per heavy atom. The van der Waals surface area contributed by atoms with Crippen molar-refractivity contribution in [2.75, 3.05) is 12.4 Å². The zero-order valence-corrected chi connectivity index (χ0v) is 20.5. The number of allylic oxidation sites excluding steroid dienone is 2. The minimum atomic E-state index is -0.370. The van der Waals surface area contributed by atoms with E-state index in [-0.39, 0.29) is 17.3 Å². The Morgan fingerprint density at radius 2 is 2.00 bits per heavy atom. The van der Waals surface area contributed by atoms with E-state index >= 15 is 0 Å². The lowest BCUT2D eigenvalue weighted by Crippen LogP contribution is -2.25. The second-order valence-corrected chi connectivity index (χ2v) is 8.19. The van der Waals surface area contributed by atoms with Crippen LogP contribution < -0.4 is 21.3 Å². The first-order valence-electron chi connectivity index (χ1n) is 10.5. The summed E-state index contributed by atoms with van der Waals surface area (Å²) in [6.07, 6.45) is 7.95. The number of likely N-dealkylation sites (N-methyl/N-ethyl adjacent to an activating group) is 1. The predicted molar refractivity (Wildman–Crippen MR) is 140 cm³/mol. The maximum atomic E-state index is 12.2. The Balaban J connectivity index is 1.94. The zero-order valence-electron chi connectivity index (χ0n) is 18.9. The molecule has 0 fully saturated rings. The molecule has 1 aromatic carbocycles. The van der Waals surface area contributed by atoms with Gasteiger partial charge < -0.3 is 26.7 Å². The maximum absolute atomic E-state index is 12.2. The van der Waals surface area contributed by atoms with Crippen molar-refractivity contribution < 1.29 is 4.79 Å². The van der Waals surface area contributed by atoms with Crippen LogP contribution in [0.4, 0.5) is 5.82 Å². The third-order valence-electron chi connectivity index (χ3n) is 4.89. The van der Waals surface area contributed by atoms with Crippen LogP contribution in [-0.2, 0) is 11.3 Å². The molecule has 1 aromatic heterocycles. The van der Waals surface area contributed by atoms with Crippen molar-refractivity contribution in [2.24, 2.45) is 0 Å². The SMILES string of the molecule is CNC(=O)/C(C=N)=C1C=C(/C(=C/C(=N)NCc2ccccc2Br)Nc2cccc(C)n2)C=CN\1. The third-order valence-corrected chi connectivity index (χ3v) is 5.66. The monoisotopic (exact) mass is 519 g/mol. The van der Waals surface area contributed by atoms with Gasteiger partial charge in [-0.25, -0.2) is 4.98 Å². The fraction of sp³-hybridized carbons (Fsp3) is 0.120. The highest BCUT2D eigenvalue weighted by Gasteiger charge is 2.15. The lowest BCUT2D eigenvalue weighted by atomic mass is 10.0. The third kappa shape index (κ3) is 6.52. The first-order valence-corrected chi connectivity index (χ1v) is 11.3. The molecule has 0 radical (unpaired) electrons. The fourth-order valence-corrected chi connectivity index (χ4v) is 3.58. The largest absolute Gasteiger partial charge is 0.366 e. The number of hydrogen-bond donors (Lipinski definition) is 6. The van der Waals surface area contributed by atoms with Crippen LogP contribution >= 0.6 is 15.9 Å². The van der Waals surface area contributed by atoms with Crippen LogP contribution in [0.5, 0.6) is 0 Å². The molecule has 0 aliphatic carbocycles. The molecule has 9 heteroatoms. The summed E-state index contributed by atoms with van der Waals surface area (Å²) in [7, 11) is 1.52. The van der Waals surface area contributed by atoms with E-state index in [9.17, 15) is 4.79 Å². The summed E-state index contributed by atoms with van der Waals surface area (Å²) >= 11 is 3.53. The second-order valence-electron chi connectivity index (χ2n) is 7.33. The number of benzene rings is 1. The lowest BCUT2D eigenvalue weighted by Gasteiger charge is -2.18. The Kier molecular flexibility index (Phi) is 8.53. The van der Waals surface area contributed by atoms with E-state index in [0.717, 1.165) is 21.9 Å². The van der Waals surface area contributed by atoms with Crippen molar-refractivity contribution in [2.45, 2.75) is 13.5 Å². The number of halogens is 1. The number of aryl methyl sites for hydroxylation is 1. The van der Waals surface area contributed by atoms with Gasteiger partial charge in [0.15, 0.2) is 0 Å². The number of pyridine rings is 1. The topological polar surface area (TPSA) is 126 Å². The van der Waals surface area contributed by atoms with E-state index in [4.69, 9.17) is 10.8 Å². The molecule has 0 atom stereocenters. The number of anilines is 1. The summed E-state index contributed by atoms with van der Waals surface area (Å²) in [6, 6.07) is 13.5. The molecule has 1 aliphatic rings. The van der Waals surface area contributed by atoms with Crippen molar-refractivity contribution in [3.05, 3.63) is 105 Å². The summed E-state index contributed by atoms with van der Waals surface area (Å²) in [4.78, 5) is 16.7. The van der Waals surface area contributed by atoms with Crippen LogP contribution in [0.15, 0.2) is 93.9 Å². The van der Waals surface area contributed by atoms with Gasteiger partial charge in [0.05, 0.1) is 17.0 Å². The average molecular weight is 520 g/mol.